The van der Waals surface area contributed by atoms with E-state index in [4.69, 9.17) is 25.2 Å². The van der Waals surface area contributed by atoms with Crippen LogP contribution < -0.4 is 5.56 Å². The molecule has 162 valence electrons. The average molecular weight is 461 g/mol. The monoisotopic (exact) mass is 460 g/mol. The Labute approximate surface area is 187 Å². The van der Waals surface area contributed by atoms with Gasteiger partial charge in [0.2, 0.25) is 5.89 Å². The van der Waals surface area contributed by atoms with Gasteiger partial charge in [-0.1, -0.05) is 23.4 Å². The van der Waals surface area contributed by atoms with Crippen LogP contribution >= 0.6 is 23.4 Å². The Morgan fingerprint density at radius 3 is 2.90 bits per heavy atom. The van der Waals surface area contributed by atoms with Crippen molar-refractivity contribution in [3.63, 3.8) is 0 Å². The summed E-state index contributed by atoms with van der Waals surface area (Å²) in [6.45, 7) is 5.01. The molecule has 0 N–H and O–H groups in total. The lowest BCUT2D eigenvalue weighted by Crippen LogP contribution is -2.24. The summed E-state index contributed by atoms with van der Waals surface area (Å²) in [4.78, 5) is 17.8. The number of nitrogens with zero attached hydrogens (tertiary/aromatic N) is 4. The van der Waals surface area contributed by atoms with E-state index in [0.717, 1.165) is 0 Å². The fourth-order valence-corrected chi connectivity index (χ4v) is 3.99. The summed E-state index contributed by atoms with van der Waals surface area (Å²) in [6, 6.07) is 8.59. The minimum absolute atomic E-state index is 0.115. The molecule has 4 aromatic rings. The zero-order chi connectivity index (χ0) is 21.8. The number of thioether (sulfide) groups is 1. The van der Waals surface area contributed by atoms with E-state index < -0.39 is 0 Å². The summed E-state index contributed by atoms with van der Waals surface area (Å²) >= 11 is 7.46. The molecule has 0 amide bonds. The van der Waals surface area contributed by atoms with Crippen molar-refractivity contribution in [2.45, 2.75) is 43.8 Å². The van der Waals surface area contributed by atoms with E-state index in [9.17, 15) is 4.79 Å². The molecular formula is C21H21ClN4O4S. The molecule has 0 saturated carbocycles. The average Bonchev–Trinajstić information content (AvgIpc) is 3.42. The van der Waals surface area contributed by atoms with Gasteiger partial charge in [-0.15, -0.1) is 10.2 Å². The van der Waals surface area contributed by atoms with Crippen LogP contribution in [0.3, 0.4) is 0 Å². The Hall–Kier alpha value is -2.62. The number of benzene rings is 1. The van der Waals surface area contributed by atoms with Gasteiger partial charge in [-0.3, -0.25) is 9.36 Å². The standard InChI is InChI=1S/C21H21ClN4O4S/c1-13(2)28-10-4-8-26-20(27)15-7-6-14(22)11-16(15)23-21(26)31-12-18-24-25-19(30-18)17-5-3-9-29-17/h3,5-7,9,11,13H,4,8,10,12H2,1-2H3. The van der Waals surface area contributed by atoms with Crippen LogP contribution in [0.1, 0.15) is 26.2 Å². The van der Waals surface area contributed by atoms with E-state index in [2.05, 4.69) is 15.2 Å². The first-order chi connectivity index (χ1) is 15.0. The number of aromatic nitrogens is 4. The Kier molecular flexibility index (Phi) is 6.74. The van der Waals surface area contributed by atoms with Crippen LogP contribution in [0.25, 0.3) is 22.6 Å². The normalized spacial score (nSPS) is 11.6. The number of rotatable bonds is 9. The number of fused-ring (bicyclic) bond motifs is 1. The van der Waals surface area contributed by atoms with E-state index in [1.54, 1.807) is 41.2 Å². The number of ether oxygens (including phenoxy) is 1. The van der Waals surface area contributed by atoms with Crippen molar-refractivity contribution < 1.29 is 13.6 Å². The topological polar surface area (TPSA) is 96.2 Å². The smallest absolute Gasteiger partial charge is 0.283 e. The van der Waals surface area contributed by atoms with E-state index in [1.807, 2.05) is 13.8 Å². The van der Waals surface area contributed by atoms with Crippen molar-refractivity contribution in [2.75, 3.05) is 6.61 Å². The highest BCUT2D eigenvalue weighted by Gasteiger charge is 2.15. The molecule has 0 saturated heterocycles. The predicted molar refractivity (Wildman–Crippen MR) is 118 cm³/mol. The number of hydrogen-bond acceptors (Lipinski definition) is 8. The number of furan rings is 1. The SMILES string of the molecule is CC(C)OCCCn1c(SCc2nnc(-c3ccco3)o2)nc2cc(Cl)ccc2c1=O. The van der Waals surface area contributed by atoms with Gasteiger partial charge in [-0.05, 0) is 50.6 Å². The van der Waals surface area contributed by atoms with Crippen LogP contribution in [0.4, 0.5) is 0 Å². The third-order valence-electron chi connectivity index (χ3n) is 4.38. The van der Waals surface area contributed by atoms with Crippen LogP contribution in [0.2, 0.25) is 5.02 Å². The maximum atomic E-state index is 13.1. The minimum Gasteiger partial charge on any atom is -0.459 e. The highest BCUT2D eigenvalue weighted by atomic mass is 35.5. The Morgan fingerprint density at radius 2 is 2.13 bits per heavy atom. The zero-order valence-electron chi connectivity index (χ0n) is 17.1. The molecule has 3 heterocycles. The fraction of sp³-hybridized carbons (Fsp3) is 0.333. The fourth-order valence-electron chi connectivity index (χ4n) is 2.96. The molecule has 0 aliphatic heterocycles. The van der Waals surface area contributed by atoms with E-state index in [-0.39, 0.29) is 11.7 Å². The molecule has 0 radical (unpaired) electrons. The van der Waals surface area contributed by atoms with Crippen molar-refractivity contribution in [3.8, 4) is 11.7 Å². The lowest BCUT2D eigenvalue weighted by Gasteiger charge is -2.13. The maximum Gasteiger partial charge on any atom is 0.283 e. The number of halogens is 1. The summed E-state index contributed by atoms with van der Waals surface area (Å²) in [6.07, 6.45) is 2.37. The van der Waals surface area contributed by atoms with Crippen LogP contribution in [0, 0.1) is 0 Å². The van der Waals surface area contributed by atoms with E-state index >= 15 is 0 Å². The lowest BCUT2D eigenvalue weighted by molar-refractivity contribution is 0.0743. The van der Waals surface area contributed by atoms with Crippen LogP contribution in [-0.2, 0) is 17.0 Å². The van der Waals surface area contributed by atoms with Crippen LogP contribution in [0.15, 0.2) is 55.4 Å². The van der Waals surface area contributed by atoms with Crippen LogP contribution in [-0.4, -0.2) is 32.5 Å². The molecule has 0 aliphatic rings. The summed E-state index contributed by atoms with van der Waals surface area (Å²) in [5, 5.41) is 9.67. The summed E-state index contributed by atoms with van der Waals surface area (Å²) in [5.74, 6) is 1.58. The van der Waals surface area contributed by atoms with Gasteiger partial charge in [-0.2, -0.15) is 0 Å². The molecule has 0 spiro atoms. The first-order valence-corrected chi connectivity index (χ1v) is 11.2. The highest BCUT2D eigenvalue weighted by molar-refractivity contribution is 7.98. The molecule has 0 atom stereocenters. The second-order valence-corrected chi connectivity index (χ2v) is 8.43. The van der Waals surface area contributed by atoms with Gasteiger partial charge in [0.1, 0.15) is 0 Å². The minimum atomic E-state index is -0.115. The summed E-state index contributed by atoms with van der Waals surface area (Å²) in [7, 11) is 0. The Bertz CT molecular complexity index is 1220. The summed E-state index contributed by atoms with van der Waals surface area (Å²) < 4.78 is 18.2. The third-order valence-corrected chi connectivity index (χ3v) is 5.58. The van der Waals surface area contributed by atoms with Crippen molar-refractivity contribution in [1.82, 2.24) is 19.7 Å². The van der Waals surface area contributed by atoms with Gasteiger partial charge in [0.05, 0.1) is 29.0 Å². The second-order valence-electron chi connectivity index (χ2n) is 7.05. The van der Waals surface area contributed by atoms with Crippen molar-refractivity contribution >= 4 is 34.3 Å². The lowest BCUT2D eigenvalue weighted by atomic mass is 10.2. The molecule has 0 fully saturated rings. The molecule has 0 bridgehead atoms. The molecule has 0 aliphatic carbocycles. The molecule has 8 nitrogen and oxygen atoms in total. The zero-order valence-corrected chi connectivity index (χ0v) is 18.7. The van der Waals surface area contributed by atoms with Gasteiger partial charge in [0.25, 0.3) is 11.4 Å². The molecule has 3 aromatic heterocycles. The molecule has 1 aromatic carbocycles. The Morgan fingerprint density at radius 1 is 1.26 bits per heavy atom. The highest BCUT2D eigenvalue weighted by Crippen LogP contribution is 2.25. The van der Waals surface area contributed by atoms with Gasteiger partial charge >= 0.3 is 0 Å². The van der Waals surface area contributed by atoms with E-state index in [0.29, 0.717) is 63.9 Å². The van der Waals surface area contributed by atoms with Crippen LogP contribution in [0.5, 0.6) is 0 Å². The van der Waals surface area contributed by atoms with Gasteiger partial charge < -0.3 is 13.6 Å². The summed E-state index contributed by atoms with van der Waals surface area (Å²) in [5.41, 5.74) is 0.437. The van der Waals surface area contributed by atoms with Gasteiger partial charge in [0, 0.05) is 18.2 Å². The first kappa shape index (κ1) is 21.6. The van der Waals surface area contributed by atoms with Gasteiger partial charge in [-0.25, -0.2) is 4.98 Å². The van der Waals surface area contributed by atoms with Crippen molar-refractivity contribution in [2.24, 2.45) is 0 Å². The quantitative estimate of drug-likeness (QED) is 0.199. The molecule has 0 unspecified atom stereocenters. The van der Waals surface area contributed by atoms with Crippen molar-refractivity contribution in [1.29, 1.82) is 0 Å². The first-order valence-electron chi connectivity index (χ1n) is 9.82. The molecule has 4 rings (SSSR count). The maximum absolute atomic E-state index is 13.1. The number of hydrogen-bond donors (Lipinski definition) is 0. The van der Waals surface area contributed by atoms with E-state index in [1.165, 1.54) is 11.8 Å². The molecular weight excluding hydrogens is 440 g/mol. The van der Waals surface area contributed by atoms with Gasteiger partial charge in [0.15, 0.2) is 10.9 Å². The molecule has 10 heteroatoms. The Balaban J connectivity index is 1.58. The third kappa shape index (κ3) is 5.17. The van der Waals surface area contributed by atoms with Crippen molar-refractivity contribution in [3.05, 3.63) is 57.9 Å². The largest absolute Gasteiger partial charge is 0.459 e. The predicted octanol–water partition coefficient (Wildman–Crippen LogP) is 4.80. The second kappa shape index (κ2) is 9.67. The molecule has 31 heavy (non-hydrogen) atoms.